The standard InChI is InChI=1S/C9H11N5/c10-1-5-14-6-4-13-9(14)8-7-11-2-3-12-8/h2-4,6-7H,1,5,10H2. The first-order chi connectivity index (χ1) is 6.92. The third kappa shape index (κ3) is 1.62. The highest BCUT2D eigenvalue weighted by atomic mass is 15.1. The van der Waals surface area contributed by atoms with Gasteiger partial charge in [0.05, 0.1) is 6.20 Å². The number of aromatic nitrogens is 4. The third-order valence-electron chi connectivity index (χ3n) is 1.88. The summed E-state index contributed by atoms with van der Waals surface area (Å²) >= 11 is 0. The van der Waals surface area contributed by atoms with Gasteiger partial charge in [-0.3, -0.25) is 4.98 Å². The molecule has 2 rings (SSSR count). The Morgan fingerprint density at radius 3 is 2.86 bits per heavy atom. The van der Waals surface area contributed by atoms with E-state index in [-0.39, 0.29) is 0 Å². The van der Waals surface area contributed by atoms with E-state index in [2.05, 4.69) is 15.0 Å². The van der Waals surface area contributed by atoms with E-state index in [1.807, 2.05) is 10.8 Å². The molecule has 0 aliphatic heterocycles. The largest absolute Gasteiger partial charge is 0.329 e. The van der Waals surface area contributed by atoms with Crippen LogP contribution >= 0.6 is 0 Å². The lowest BCUT2D eigenvalue weighted by Crippen LogP contribution is -2.10. The van der Waals surface area contributed by atoms with E-state index in [0.717, 1.165) is 18.1 Å². The molecule has 0 fully saturated rings. The molecule has 0 aliphatic rings. The fourth-order valence-electron chi connectivity index (χ4n) is 1.28. The van der Waals surface area contributed by atoms with Gasteiger partial charge in [-0.2, -0.15) is 0 Å². The first-order valence-corrected chi connectivity index (χ1v) is 4.39. The quantitative estimate of drug-likeness (QED) is 0.753. The van der Waals surface area contributed by atoms with E-state index in [1.165, 1.54) is 0 Å². The summed E-state index contributed by atoms with van der Waals surface area (Å²) in [6.07, 6.45) is 8.60. The van der Waals surface area contributed by atoms with Crippen molar-refractivity contribution in [3.05, 3.63) is 31.0 Å². The summed E-state index contributed by atoms with van der Waals surface area (Å²) < 4.78 is 1.96. The van der Waals surface area contributed by atoms with Crippen LogP contribution in [-0.4, -0.2) is 26.1 Å². The minimum absolute atomic E-state index is 0.587. The monoisotopic (exact) mass is 189 g/mol. The van der Waals surface area contributed by atoms with Gasteiger partial charge in [0, 0.05) is 37.9 Å². The van der Waals surface area contributed by atoms with Crippen molar-refractivity contribution in [2.75, 3.05) is 6.54 Å². The van der Waals surface area contributed by atoms with Gasteiger partial charge in [0.1, 0.15) is 5.69 Å². The normalized spacial score (nSPS) is 10.4. The van der Waals surface area contributed by atoms with Gasteiger partial charge in [0.15, 0.2) is 5.82 Å². The van der Waals surface area contributed by atoms with Gasteiger partial charge in [0.2, 0.25) is 0 Å². The van der Waals surface area contributed by atoms with Crippen LogP contribution < -0.4 is 5.73 Å². The molecule has 5 nitrogen and oxygen atoms in total. The van der Waals surface area contributed by atoms with Crippen molar-refractivity contribution in [2.45, 2.75) is 6.54 Å². The van der Waals surface area contributed by atoms with Crippen molar-refractivity contribution in [3.63, 3.8) is 0 Å². The third-order valence-corrected chi connectivity index (χ3v) is 1.88. The molecular formula is C9H11N5. The number of nitrogens with two attached hydrogens (primary N) is 1. The summed E-state index contributed by atoms with van der Waals surface area (Å²) in [4.78, 5) is 12.4. The van der Waals surface area contributed by atoms with E-state index >= 15 is 0 Å². The molecular weight excluding hydrogens is 178 g/mol. The number of hydrogen-bond donors (Lipinski definition) is 1. The maximum Gasteiger partial charge on any atom is 0.160 e. The summed E-state index contributed by atoms with van der Waals surface area (Å²) in [7, 11) is 0. The lowest BCUT2D eigenvalue weighted by atomic mass is 10.4. The van der Waals surface area contributed by atoms with Gasteiger partial charge in [-0.15, -0.1) is 0 Å². The van der Waals surface area contributed by atoms with Crippen molar-refractivity contribution in [3.8, 4) is 11.5 Å². The summed E-state index contributed by atoms with van der Waals surface area (Å²) in [6, 6.07) is 0. The molecule has 72 valence electrons. The predicted octanol–water partition coefficient (Wildman–Crippen LogP) is 0.299. The van der Waals surface area contributed by atoms with Crippen LogP contribution in [0.2, 0.25) is 0 Å². The van der Waals surface area contributed by atoms with Crippen LogP contribution in [0.3, 0.4) is 0 Å². The average Bonchev–Trinajstić information content (AvgIpc) is 2.68. The van der Waals surface area contributed by atoms with E-state index in [9.17, 15) is 0 Å². The van der Waals surface area contributed by atoms with Crippen LogP contribution in [0.15, 0.2) is 31.0 Å². The van der Waals surface area contributed by atoms with Gasteiger partial charge >= 0.3 is 0 Å². The predicted molar refractivity (Wildman–Crippen MR) is 52.3 cm³/mol. The van der Waals surface area contributed by atoms with Gasteiger partial charge in [0.25, 0.3) is 0 Å². The van der Waals surface area contributed by atoms with Crippen LogP contribution in [0.1, 0.15) is 0 Å². The van der Waals surface area contributed by atoms with Gasteiger partial charge in [-0.05, 0) is 0 Å². The topological polar surface area (TPSA) is 69.6 Å². The molecule has 0 unspecified atom stereocenters. The SMILES string of the molecule is NCCn1ccnc1-c1cnccn1. The van der Waals surface area contributed by atoms with Crippen LogP contribution in [0, 0.1) is 0 Å². The van der Waals surface area contributed by atoms with Crippen LogP contribution in [0.4, 0.5) is 0 Å². The number of nitrogens with zero attached hydrogens (tertiary/aromatic N) is 4. The van der Waals surface area contributed by atoms with Crippen molar-refractivity contribution in [1.82, 2.24) is 19.5 Å². The molecule has 0 radical (unpaired) electrons. The molecule has 0 aromatic carbocycles. The van der Waals surface area contributed by atoms with E-state index in [1.54, 1.807) is 24.8 Å². The molecule has 0 spiro atoms. The summed E-state index contributed by atoms with van der Waals surface area (Å²) in [5.74, 6) is 0.809. The highest BCUT2D eigenvalue weighted by Gasteiger charge is 2.05. The zero-order valence-corrected chi connectivity index (χ0v) is 7.67. The lowest BCUT2D eigenvalue weighted by Gasteiger charge is -2.04. The zero-order valence-electron chi connectivity index (χ0n) is 7.67. The first-order valence-electron chi connectivity index (χ1n) is 4.39. The minimum Gasteiger partial charge on any atom is -0.329 e. The van der Waals surface area contributed by atoms with E-state index < -0.39 is 0 Å². The average molecular weight is 189 g/mol. The molecule has 2 aromatic rings. The van der Waals surface area contributed by atoms with Gasteiger partial charge in [-0.25, -0.2) is 9.97 Å². The second-order valence-corrected chi connectivity index (χ2v) is 2.82. The summed E-state index contributed by atoms with van der Waals surface area (Å²) in [5.41, 5.74) is 6.25. The molecule has 0 saturated heterocycles. The Hall–Kier alpha value is -1.75. The molecule has 5 heteroatoms. The van der Waals surface area contributed by atoms with Crippen molar-refractivity contribution >= 4 is 0 Å². The fraction of sp³-hybridized carbons (Fsp3) is 0.222. The molecule has 0 amide bonds. The molecule has 2 N–H and O–H groups in total. The summed E-state index contributed by atoms with van der Waals surface area (Å²) in [5, 5.41) is 0. The molecule has 0 atom stereocenters. The van der Waals surface area contributed by atoms with Gasteiger partial charge < -0.3 is 10.3 Å². The Labute approximate surface area is 81.6 Å². The Balaban J connectivity index is 2.37. The van der Waals surface area contributed by atoms with E-state index in [0.29, 0.717) is 6.54 Å². The smallest absolute Gasteiger partial charge is 0.160 e. The van der Waals surface area contributed by atoms with Gasteiger partial charge in [-0.1, -0.05) is 0 Å². The van der Waals surface area contributed by atoms with Crippen LogP contribution in [0.25, 0.3) is 11.5 Å². The Morgan fingerprint density at radius 1 is 1.21 bits per heavy atom. The number of hydrogen-bond acceptors (Lipinski definition) is 4. The Morgan fingerprint density at radius 2 is 2.14 bits per heavy atom. The molecule has 14 heavy (non-hydrogen) atoms. The molecule has 2 heterocycles. The number of imidazole rings is 1. The zero-order chi connectivity index (χ0) is 9.80. The highest BCUT2D eigenvalue weighted by molar-refractivity contribution is 5.47. The fourth-order valence-corrected chi connectivity index (χ4v) is 1.28. The van der Waals surface area contributed by atoms with E-state index in [4.69, 9.17) is 5.73 Å². The maximum atomic E-state index is 5.48. The number of rotatable bonds is 3. The minimum atomic E-state index is 0.587. The van der Waals surface area contributed by atoms with Crippen molar-refractivity contribution < 1.29 is 0 Å². The first kappa shape index (κ1) is 8.83. The Bertz CT molecular complexity index is 395. The lowest BCUT2D eigenvalue weighted by molar-refractivity contribution is 0.713. The highest BCUT2D eigenvalue weighted by Crippen LogP contribution is 2.11. The second kappa shape index (κ2) is 3.97. The van der Waals surface area contributed by atoms with Crippen molar-refractivity contribution in [1.29, 1.82) is 0 Å². The molecule has 0 saturated carbocycles. The summed E-state index contributed by atoms with van der Waals surface area (Å²) in [6.45, 7) is 1.33. The second-order valence-electron chi connectivity index (χ2n) is 2.82. The van der Waals surface area contributed by atoms with Crippen LogP contribution in [-0.2, 0) is 6.54 Å². The van der Waals surface area contributed by atoms with Crippen LogP contribution in [0.5, 0.6) is 0 Å². The molecule has 2 aromatic heterocycles. The Kier molecular flexibility index (Phi) is 2.51. The molecule has 0 bridgehead atoms. The molecule has 0 aliphatic carbocycles. The van der Waals surface area contributed by atoms with Crippen molar-refractivity contribution in [2.24, 2.45) is 5.73 Å². The maximum absolute atomic E-state index is 5.48.